The van der Waals surface area contributed by atoms with Gasteiger partial charge in [0.1, 0.15) is 5.75 Å². The van der Waals surface area contributed by atoms with Crippen LogP contribution in [0.2, 0.25) is 0 Å². The molecule has 0 aliphatic heterocycles. The lowest BCUT2D eigenvalue weighted by Crippen LogP contribution is -1.96. The minimum atomic E-state index is 0.812. The maximum absolute atomic E-state index is 5.73. The van der Waals surface area contributed by atoms with Crippen LogP contribution in [0.4, 0.5) is 0 Å². The Kier molecular flexibility index (Phi) is 11.1. The molecule has 0 N–H and O–H groups in total. The molecule has 1 rings (SSSR count). The molecule has 0 heterocycles. The van der Waals surface area contributed by atoms with Crippen LogP contribution in [-0.2, 0) is 0 Å². The van der Waals surface area contributed by atoms with Crippen molar-refractivity contribution in [2.24, 2.45) is 0 Å². The molecule has 1 nitrogen and oxygen atoms in total. The fourth-order valence-electron chi connectivity index (χ4n) is 2.20. The Morgan fingerprint density at radius 1 is 0.864 bits per heavy atom. The van der Waals surface area contributed by atoms with Gasteiger partial charge in [0.2, 0.25) is 0 Å². The molecule has 1 aromatic rings. The Morgan fingerprint density at radius 2 is 1.64 bits per heavy atom. The highest BCUT2D eigenvalue weighted by molar-refractivity contribution is 5.51. The van der Waals surface area contributed by atoms with E-state index in [1.807, 2.05) is 6.07 Å². The summed E-state index contributed by atoms with van der Waals surface area (Å²) in [6, 6.07) is 8.34. The molecular formula is C21H32O. The van der Waals surface area contributed by atoms with E-state index in [9.17, 15) is 0 Å². The van der Waals surface area contributed by atoms with Gasteiger partial charge in [-0.25, -0.2) is 0 Å². The molecule has 0 bridgehead atoms. The van der Waals surface area contributed by atoms with Gasteiger partial charge < -0.3 is 4.74 Å². The van der Waals surface area contributed by atoms with Gasteiger partial charge in [0.15, 0.2) is 0 Å². The molecule has 0 aliphatic carbocycles. The van der Waals surface area contributed by atoms with Crippen molar-refractivity contribution in [1.82, 2.24) is 0 Å². The first-order valence-corrected chi connectivity index (χ1v) is 8.91. The number of allylic oxidation sites excluding steroid dienone is 3. The van der Waals surface area contributed by atoms with E-state index in [2.05, 4.69) is 56.4 Å². The van der Waals surface area contributed by atoms with E-state index in [1.165, 1.54) is 37.7 Å². The average molecular weight is 300 g/mol. The third kappa shape index (κ3) is 9.44. The molecule has 0 saturated carbocycles. The van der Waals surface area contributed by atoms with E-state index >= 15 is 0 Å². The zero-order chi connectivity index (χ0) is 15.9. The van der Waals surface area contributed by atoms with E-state index in [0.717, 1.165) is 31.6 Å². The van der Waals surface area contributed by atoms with Crippen LogP contribution in [0, 0.1) is 0 Å². The lowest BCUT2D eigenvalue weighted by Gasteiger charge is -2.05. The van der Waals surface area contributed by atoms with Crippen molar-refractivity contribution in [1.29, 1.82) is 0 Å². The van der Waals surface area contributed by atoms with E-state index in [-0.39, 0.29) is 0 Å². The van der Waals surface area contributed by atoms with Crippen molar-refractivity contribution >= 4 is 6.08 Å². The van der Waals surface area contributed by atoms with E-state index in [0.29, 0.717) is 0 Å². The highest BCUT2D eigenvalue weighted by atomic mass is 16.5. The Morgan fingerprint density at radius 3 is 2.45 bits per heavy atom. The summed E-state index contributed by atoms with van der Waals surface area (Å²) in [5.41, 5.74) is 1.22. The van der Waals surface area contributed by atoms with Gasteiger partial charge in [0.25, 0.3) is 0 Å². The molecule has 0 aliphatic rings. The van der Waals surface area contributed by atoms with Crippen LogP contribution in [0.1, 0.15) is 70.8 Å². The molecule has 0 amide bonds. The summed E-state index contributed by atoms with van der Waals surface area (Å²) in [4.78, 5) is 0. The SMILES string of the molecule is CCCCC/C=C/CC/C=C/c1cccc(OCCCC)c1. The first-order chi connectivity index (χ1) is 10.9. The maximum atomic E-state index is 5.73. The topological polar surface area (TPSA) is 9.23 Å². The summed E-state index contributed by atoms with van der Waals surface area (Å²) in [6.45, 7) is 5.24. The van der Waals surface area contributed by atoms with Gasteiger partial charge >= 0.3 is 0 Å². The van der Waals surface area contributed by atoms with Crippen LogP contribution in [0.25, 0.3) is 6.08 Å². The number of benzene rings is 1. The molecule has 22 heavy (non-hydrogen) atoms. The van der Waals surface area contributed by atoms with Crippen LogP contribution in [0.5, 0.6) is 5.75 Å². The number of ether oxygens (including phenoxy) is 1. The number of hydrogen-bond donors (Lipinski definition) is 0. The average Bonchev–Trinajstić information content (AvgIpc) is 2.54. The van der Waals surface area contributed by atoms with Crippen molar-refractivity contribution < 1.29 is 4.74 Å². The predicted octanol–water partition coefficient (Wildman–Crippen LogP) is 6.80. The Labute approximate surface area is 137 Å². The van der Waals surface area contributed by atoms with Crippen LogP contribution < -0.4 is 4.74 Å². The lowest BCUT2D eigenvalue weighted by atomic mass is 10.1. The van der Waals surface area contributed by atoms with Crippen LogP contribution in [-0.4, -0.2) is 6.61 Å². The third-order valence-corrected chi connectivity index (χ3v) is 3.58. The summed E-state index contributed by atoms with van der Waals surface area (Å²) in [5, 5.41) is 0. The zero-order valence-corrected chi connectivity index (χ0v) is 14.4. The van der Waals surface area contributed by atoms with E-state index < -0.39 is 0 Å². The largest absolute Gasteiger partial charge is 0.494 e. The molecule has 0 aromatic heterocycles. The molecule has 0 fully saturated rings. The van der Waals surface area contributed by atoms with Crippen LogP contribution in [0.3, 0.4) is 0 Å². The van der Waals surface area contributed by atoms with Gasteiger partial charge in [-0.3, -0.25) is 0 Å². The van der Waals surface area contributed by atoms with Crippen molar-refractivity contribution in [3.05, 3.63) is 48.1 Å². The minimum absolute atomic E-state index is 0.812. The number of rotatable bonds is 12. The third-order valence-electron chi connectivity index (χ3n) is 3.58. The molecule has 0 spiro atoms. The highest BCUT2D eigenvalue weighted by Gasteiger charge is 1.94. The Hall–Kier alpha value is -1.50. The Balaban J connectivity index is 2.23. The van der Waals surface area contributed by atoms with Crippen LogP contribution >= 0.6 is 0 Å². The quantitative estimate of drug-likeness (QED) is 0.305. The fraction of sp³-hybridized carbons (Fsp3) is 0.524. The van der Waals surface area contributed by atoms with Gasteiger partial charge in [-0.05, 0) is 49.8 Å². The van der Waals surface area contributed by atoms with Gasteiger partial charge in [0, 0.05) is 0 Å². The molecule has 0 atom stereocenters. The first kappa shape index (κ1) is 18.5. The monoisotopic (exact) mass is 300 g/mol. The molecule has 1 aromatic carbocycles. The normalized spacial score (nSPS) is 11.5. The fourth-order valence-corrected chi connectivity index (χ4v) is 2.20. The second kappa shape index (κ2) is 13.2. The van der Waals surface area contributed by atoms with Crippen molar-refractivity contribution in [3.63, 3.8) is 0 Å². The molecule has 0 saturated heterocycles. The van der Waals surface area contributed by atoms with Gasteiger partial charge in [-0.15, -0.1) is 0 Å². The van der Waals surface area contributed by atoms with Gasteiger partial charge in [0.05, 0.1) is 6.61 Å². The maximum Gasteiger partial charge on any atom is 0.119 e. The second-order valence-corrected chi connectivity index (χ2v) is 5.72. The Bertz CT molecular complexity index is 431. The smallest absolute Gasteiger partial charge is 0.119 e. The zero-order valence-electron chi connectivity index (χ0n) is 14.4. The molecule has 122 valence electrons. The van der Waals surface area contributed by atoms with Crippen molar-refractivity contribution in [3.8, 4) is 5.75 Å². The highest BCUT2D eigenvalue weighted by Crippen LogP contribution is 2.15. The summed E-state index contributed by atoms with van der Waals surface area (Å²) in [6.07, 6.45) is 18.8. The number of unbranched alkanes of at least 4 members (excludes halogenated alkanes) is 5. The van der Waals surface area contributed by atoms with Crippen LogP contribution in [0.15, 0.2) is 42.5 Å². The summed E-state index contributed by atoms with van der Waals surface area (Å²) in [7, 11) is 0. The number of hydrogen-bond acceptors (Lipinski definition) is 1. The summed E-state index contributed by atoms with van der Waals surface area (Å²) < 4.78 is 5.73. The first-order valence-electron chi connectivity index (χ1n) is 8.91. The second-order valence-electron chi connectivity index (χ2n) is 5.72. The summed E-state index contributed by atoms with van der Waals surface area (Å²) in [5.74, 6) is 0.978. The molecular weight excluding hydrogens is 268 g/mol. The summed E-state index contributed by atoms with van der Waals surface area (Å²) >= 11 is 0. The van der Waals surface area contributed by atoms with Gasteiger partial charge in [-0.2, -0.15) is 0 Å². The van der Waals surface area contributed by atoms with Gasteiger partial charge in [-0.1, -0.05) is 69.5 Å². The van der Waals surface area contributed by atoms with Crippen molar-refractivity contribution in [2.75, 3.05) is 6.61 Å². The lowest BCUT2D eigenvalue weighted by molar-refractivity contribution is 0.309. The van der Waals surface area contributed by atoms with E-state index in [4.69, 9.17) is 4.74 Å². The standard InChI is InChI=1S/C21H32O/c1-3-5-7-8-9-10-11-12-13-15-20-16-14-17-21(19-20)22-18-6-4-2/h9-10,13-17,19H,3-8,11-12,18H2,1-2H3/b10-9+,15-13+. The molecule has 0 radical (unpaired) electrons. The minimum Gasteiger partial charge on any atom is -0.494 e. The van der Waals surface area contributed by atoms with E-state index in [1.54, 1.807) is 0 Å². The van der Waals surface area contributed by atoms with Crippen molar-refractivity contribution in [2.45, 2.75) is 65.2 Å². The predicted molar refractivity (Wildman–Crippen MR) is 98.4 cm³/mol. The molecule has 1 heteroatoms. The molecule has 0 unspecified atom stereocenters.